The number of hydrogen-bond acceptors (Lipinski definition) is 4. The molecule has 1 N–H and O–H groups in total. The molecule has 0 aromatic heterocycles. The molecule has 1 fully saturated rings. The van der Waals surface area contributed by atoms with Gasteiger partial charge in [-0.3, -0.25) is 14.5 Å². The van der Waals surface area contributed by atoms with E-state index in [-0.39, 0.29) is 25.0 Å². The molecule has 0 atom stereocenters. The number of benzene rings is 1. The maximum Gasteiger partial charge on any atom is 0.320 e. The molecular weight excluding hydrogens is 234 g/mol. The van der Waals surface area contributed by atoms with E-state index in [0.717, 1.165) is 5.56 Å². The Morgan fingerprint density at radius 2 is 1.94 bits per heavy atom. The Morgan fingerprint density at radius 1 is 1.28 bits per heavy atom. The molecule has 1 aliphatic heterocycles. The van der Waals surface area contributed by atoms with E-state index in [9.17, 15) is 9.59 Å². The Morgan fingerprint density at radius 3 is 2.56 bits per heavy atom. The van der Waals surface area contributed by atoms with Crippen molar-refractivity contribution in [3.8, 4) is 0 Å². The molecule has 5 heteroatoms. The van der Waals surface area contributed by atoms with E-state index in [2.05, 4.69) is 0 Å². The summed E-state index contributed by atoms with van der Waals surface area (Å²) in [5.41, 5.74) is 0.942. The van der Waals surface area contributed by atoms with Crippen LogP contribution in [-0.2, 0) is 20.9 Å². The van der Waals surface area contributed by atoms with Gasteiger partial charge in [0.15, 0.2) is 0 Å². The number of carboxylic acid groups (broad SMARTS) is 1. The molecule has 1 aromatic carbocycles. The molecule has 1 aliphatic rings. The van der Waals surface area contributed by atoms with Crippen molar-refractivity contribution in [1.29, 1.82) is 0 Å². The van der Waals surface area contributed by atoms with E-state index in [1.807, 2.05) is 30.3 Å². The van der Waals surface area contributed by atoms with E-state index in [0.29, 0.717) is 13.1 Å². The van der Waals surface area contributed by atoms with E-state index in [4.69, 9.17) is 9.84 Å². The molecular formula is C13H15NO4. The number of carbonyl (C=O) groups is 2. The van der Waals surface area contributed by atoms with Crippen LogP contribution in [0.25, 0.3) is 0 Å². The maximum absolute atomic E-state index is 11.5. The fourth-order valence-electron chi connectivity index (χ4n) is 1.82. The molecule has 18 heavy (non-hydrogen) atoms. The fourth-order valence-corrected chi connectivity index (χ4v) is 1.82. The SMILES string of the molecule is O=C(CN1CC(C(=O)O)C1)OCc1ccccc1. The Hall–Kier alpha value is -1.88. The van der Waals surface area contributed by atoms with Crippen molar-refractivity contribution in [3.05, 3.63) is 35.9 Å². The lowest BCUT2D eigenvalue weighted by molar-refractivity contribution is -0.154. The lowest BCUT2D eigenvalue weighted by atomic mass is 10.0. The van der Waals surface area contributed by atoms with E-state index >= 15 is 0 Å². The summed E-state index contributed by atoms with van der Waals surface area (Å²) in [4.78, 5) is 23.8. The highest BCUT2D eigenvalue weighted by Gasteiger charge is 2.33. The number of nitrogens with zero attached hydrogens (tertiary/aromatic N) is 1. The summed E-state index contributed by atoms with van der Waals surface area (Å²) in [6.45, 7) is 1.28. The van der Waals surface area contributed by atoms with Crippen LogP contribution < -0.4 is 0 Å². The molecule has 2 rings (SSSR count). The topological polar surface area (TPSA) is 66.8 Å². The molecule has 0 aliphatic carbocycles. The highest BCUT2D eigenvalue weighted by Crippen LogP contribution is 2.15. The molecule has 0 saturated carbocycles. The third kappa shape index (κ3) is 3.30. The van der Waals surface area contributed by atoms with Crippen molar-refractivity contribution in [2.45, 2.75) is 6.61 Å². The van der Waals surface area contributed by atoms with Gasteiger partial charge in [-0.25, -0.2) is 0 Å². The van der Waals surface area contributed by atoms with Crippen LogP contribution in [0.1, 0.15) is 5.56 Å². The summed E-state index contributed by atoms with van der Waals surface area (Å²) >= 11 is 0. The lowest BCUT2D eigenvalue weighted by Crippen LogP contribution is -2.52. The zero-order chi connectivity index (χ0) is 13.0. The third-order valence-corrected chi connectivity index (χ3v) is 2.90. The van der Waals surface area contributed by atoms with Crippen LogP contribution in [0.4, 0.5) is 0 Å². The summed E-state index contributed by atoms with van der Waals surface area (Å²) in [5.74, 6) is -1.46. The first-order chi connectivity index (χ1) is 8.65. The first kappa shape index (κ1) is 12.6. The average Bonchev–Trinajstić information content (AvgIpc) is 2.31. The van der Waals surface area contributed by atoms with Gasteiger partial charge in [-0.1, -0.05) is 30.3 Å². The lowest BCUT2D eigenvalue weighted by Gasteiger charge is -2.35. The minimum atomic E-state index is -0.802. The van der Waals surface area contributed by atoms with Gasteiger partial charge < -0.3 is 9.84 Å². The second-order valence-electron chi connectivity index (χ2n) is 4.38. The predicted octanol–water partition coefficient (Wildman–Crippen LogP) is 0.746. The van der Waals surface area contributed by atoms with E-state index in [1.165, 1.54) is 0 Å². The summed E-state index contributed by atoms with van der Waals surface area (Å²) < 4.78 is 5.10. The first-order valence-electron chi connectivity index (χ1n) is 5.80. The second kappa shape index (κ2) is 5.64. The van der Waals surface area contributed by atoms with Gasteiger partial charge in [0, 0.05) is 13.1 Å². The minimum absolute atomic E-state index is 0.163. The van der Waals surface area contributed by atoms with Gasteiger partial charge in [-0.15, -0.1) is 0 Å². The number of ether oxygens (including phenoxy) is 1. The Labute approximate surface area is 105 Å². The Balaban J connectivity index is 1.66. The van der Waals surface area contributed by atoms with Crippen LogP contribution in [0.2, 0.25) is 0 Å². The molecule has 0 amide bonds. The number of rotatable bonds is 5. The minimum Gasteiger partial charge on any atom is -0.481 e. The average molecular weight is 249 g/mol. The molecule has 1 aromatic rings. The molecule has 1 heterocycles. The summed E-state index contributed by atoms with van der Waals surface area (Å²) in [5, 5.41) is 8.69. The first-order valence-corrected chi connectivity index (χ1v) is 5.80. The van der Waals surface area contributed by atoms with Gasteiger partial charge >= 0.3 is 11.9 Å². The molecule has 1 saturated heterocycles. The zero-order valence-corrected chi connectivity index (χ0v) is 9.91. The summed E-state index contributed by atoms with van der Waals surface area (Å²) in [7, 11) is 0. The van der Waals surface area contributed by atoms with Crippen LogP contribution in [0.5, 0.6) is 0 Å². The third-order valence-electron chi connectivity index (χ3n) is 2.90. The maximum atomic E-state index is 11.5. The number of aliphatic carboxylic acids is 1. The molecule has 0 radical (unpaired) electrons. The van der Waals surface area contributed by atoms with Crippen molar-refractivity contribution >= 4 is 11.9 Å². The highest BCUT2D eigenvalue weighted by atomic mass is 16.5. The fraction of sp³-hybridized carbons (Fsp3) is 0.385. The number of carboxylic acids is 1. The highest BCUT2D eigenvalue weighted by molar-refractivity contribution is 5.74. The Kier molecular flexibility index (Phi) is 3.94. The Bertz CT molecular complexity index is 426. The van der Waals surface area contributed by atoms with E-state index < -0.39 is 5.97 Å². The van der Waals surface area contributed by atoms with Crippen molar-refractivity contribution in [3.63, 3.8) is 0 Å². The van der Waals surface area contributed by atoms with Gasteiger partial charge in [0.25, 0.3) is 0 Å². The van der Waals surface area contributed by atoms with Crippen LogP contribution in [0.15, 0.2) is 30.3 Å². The van der Waals surface area contributed by atoms with Gasteiger partial charge in [0.05, 0.1) is 12.5 Å². The molecule has 5 nitrogen and oxygen atoms in total. The van der Waals surface area contributed by atoms with Gasteiger partial charge in [0.1, 0.15) is 6.61 Å². The predicted molar refractivity (Wildman–Crippen MR) is 63.8 cm³/mol. The van der Waals surface area contributed by atoms with Gasteiger partial charge in [-0.2, -0.15) is 0 Å². The normalized spacial score (nSPS) is 16.0. The number of hydrogen-bond donors (Lipinski definition) is 1. The summed E-state index contributed by atoms with van der Waals surface area (Å²) in [6.07, 6.45) is 0. The zero-order valence-electron chi connectivity index (χ0n) is 9.91. The monoisotopic (exact) mass is 249 g/mol. The number of carbonyl (C=O) groups excluding carboxylic acids is 1. The van der Waals surface area contributed by atoms with Crippen LogP contribution in [0, 0.1) is 5.92 Å². The van der Waals surface area contributed by atoms with Crippen LogP contribution in [-0.4, -0.2) is 41.6 Å². The quantitative estimate of drug-likeness (QED) is 0.780. The molecule has 0 bridgehead atoms. The van der Waals surface area contributed by atoms with Crippen LogP contribution >= 0.6 is 0 Å². The van der Waals surface area contributed by atoms with Crippen LogP contribution in [0.3, 0.4) is 0 Å². The largest absolute Gasteiger partial charge is 0.481 e. The van der Waals surface area contributed by atoms with Gasteiger partial charge in [0.2, 0.25) is 0 Å². The second-order valence-corrected chi connectivity index (χ2v) is 4.38. The van der Waals surface area contributed by atoms with Crippen molar-refractivity contribution in [2.75, 3.05) is 19.6 Å². The van der Waals surface area contributed by atoms with Crippen molar-refractivity contribution in [2.24, 2.45) is 5.92 Å². The van der Waals surface area contributed by atoms with Gasteiger partial charge in [-0.05, 0) is 5.56 Å². The summed E-state index contributed by atoms with van der Waals surface area (Å²) in [6, 6.07) is 9.44. The van der Waals surface area contributed by atoms with E-state index in [1.54, 1.807) is 4.90 Å². The number of likely N-dealkylation sites (tertiary alicyclic amines) is 1. The smallest absolute Gasteiger partial charge is 0.320 e. The molecule has 0 unspecified atom stereocenters. The molecule has 0 spiro atoms. The van der Waals surface area contributed by atoms with Crippen molar-refractivity contribution < 1.29 is 19.4 Å². The van der Waals surface area contributed by atoms with Crippen molar-refractivity contribution in [1.82, 2.24) is 4.90 Å². The number of esters is 1. The standard InChI is InChI=1S/C13H15NO4/c15-12(8-14-6-11(7-14)13(16)17)18-9-10-4-2-1-3-5-10/h1-5,11H,6-9H2,(H,16,17). The molecule has 96 valence electrons.